The van der Waals surface area contributed by atoms with Crippen molar-refractivity contribution in [1.82, 2.24) is 9.47 Å². The van der Waals surface area contributed by atoms with Crippen LogP contribution < -0.4 is 5.56 Å². The lowest BCUT2D eigenvalue weighted by atomic mass is 10.0. The Bertz CT molecular complexity index is 1130. The van der Waals surface area contributed by atoms with E-state index in [0.717, 1.165) is 12.0 Å². The van der Waals surface area contributed by atoms with E-state index in [2.05, 4.69) is 24.0 Å². The molecule has 168 valence electrons. The number of hydrogen-bond acceptors (Lipinski definition) is 3. The predicted molar refractivity (Wildman–Crippen MR) is 129 cm³/mol. The Labute approximate surface area is 197 Å². The van der Waals surface area contributed by atoms with Gasteiger partial charge in [-0.2, -0.15) is 0 Å². The van der Waals surface area contributed by atoms with Crippen LogP contribution in [0.15, 0.2) is 65.5 Å². The summed E-state index contributed by atoms with van der Waals surface area (Å²) < 4.78 is 1.63. The van der Waals surface area contributed by atoms with Crippen molar-refractivity contribution in [2.75, 3.05) is 7.05 Å². The maximum absolute atomic E-state index is 12.9. The Morgan fingerprint density at radius 2 is 1.72 bits per heavy atom. The first kappa shape index (κ1) is 24.1. The minimum absolute atomic E-state index is 0.0812. The van der Waals surface area contributed by atoms with Gasteiger partial charge in [-0.3, -0.25) is 9.69 Å². The molecule has 0 amide bonds. The van der Waals surface area contributed by atoms with Crippen molar-refractivity contribution >= 4 is 29.2 Å². The van der Waals surface area contributed by atoms with Crippen LogP contribution >= 0.6 is 23.2 Å². The van der Waals surface area contributed by atoms with Crippen molar-refractivity contribution < 1.29 is 9.90 Å². The third-order valence-corrected chi connectivity index (χ3v) is 6.23. The molecule has 7 heteroatoms. The number of hydrogen-bond donors (Lipinski definition) is 1. The highest BCUT2D eigenvalue weighted by molar-refractivity contribution is 6.34. The molecule has 0 saturated heterocycles. The van der Waals surface area contributed by atoms with Crippen molar-refractivity contribution in [2.24, 2.45) is 0 Å². The summed E-state index contributed by atoms with van der Waals surface area (Å²) in [6.45, 7) is 3.00. The number of pyridine rings is 1. The average molecular weight is 473 g/mol. The summed E-state index contributed by atoms with van der Waals surface area (Å²) in [5.74, 6) is -0.969. The molecule has 0 fully saturated rings. The zero-order valence-corrected chi connectivity index (χ0v) is 19.6. The molecule has 3 rings (SSSR count). The Balaban J connectivity index is 1.86. The van der Waals surface area contributed by atoms with E-state index in [1.54, 1.807) is 28.8 Å². The van der Waals surface area contributed by atoms with E-state index in [0.29, 0.717) is 30.2 Å². The Morgan fingerprint density at radius 3 is 2.31 bits per heavy atom. The molecule has 1 N–H and O–H groups in total. The van der Waals surface area contributed by atoms with E-state index in [1.807, 2.05) is 25.2 Å². The molecule has 32 heavy (non-hydrogen) atoms. The van der Waals surface area contributed by atoms with Gasteiger partial charge in [-0.25, -0.2) is 4.79 Å². The number of halogens is 2. The largest absolute Gasteiger partial charge is 0.478 e. The van der Waals surface area contributed by atoms with Gasteiger partial charge in [0.25, 0.3) is 5.56 Å². The van der Waals surface area contributed by atoms with Crippen molar-refractivity contribution in [1.29, 1.82) is 0 Å². The van der Waals surface area contributed by atoms with Gasteiger partial charge in [0, 0.05) is 19.1 Å². The molecule has 3 aromatic rings. The molecule has 0 aliphatic carbocycles. The van der Waals surface area contributed by atoms with Crippen LogP contribution in [-0.4, -0.2) is 27.6 Å². The minimum Gasteiger partial charge on any atom is -0.478 e. The standard InChI is InChI=1S/C25H26Cl2N2O3/c1-3-22(18-7-5-4-6-8-18)28(2)16-23-20(26)15-21(27)24(30)29(23)14-13-17-9-11-19(12-10-17)25(31)32/h4-12,15,22H,3,13-14,16H2,1-2H3,(H,31,32). The molecule has 5 nitrogen and oxygen atoms in total. The van der Waals surface area contributed by atoms with E-state index >= 15 is 0 Å². The molecule has 1 heterocycles. The molecule has 0 aliphatic rings. The fourth-order valence-electron chi connectivity index (χ4n) is 3.91. The van der Waals surface area contributed by atoms with E-state index in [4.69, 9.17) is 28.3 Å². The predicted octanol–water partition coefficient (Wildman–Crippen LogP) is 5.68. The summed E-state index contributed by atoms with van der Waals surface area (Å²) in [6, 6.07) is 18.6. The van der Waals surface area contributed by atoms with Gasteiger partial charge < -0.3 is 9.67 Å². The molecule has 0 aliphatic heterocycles. The highest BCUT2D eigenvalue weighted by atomic mass is 35.5. The highest BCUT2D eigenvalue weighted by Crippen LogP contribution is 2.27. The lowest BCUT2D eigenvalue weighted by Gasteiger charge is -2.29. The van der Waals surface area contributed by atoms with Crippen molar-refractivity contribution in [3.8, 4) is 0 Å². The fourth-order valence-corrected chi connectivity index (χ4v) is 4.45. The molecule has 0 radical (unpaired) electrons. The molecule has 2 aromatic carbocycles. The van der Waals surface area contributed by atoms with Gasteiger partial charge in [-0.1, -0.05) is 72.6 Å². The SMILES string of the molecule is CCC(c1ccccc1)N(C)Cc1c(Cl)cc(Cl)c(=O)n1CCc1ccc(C(=O)O)cc1. The van der Waals surface area contributed by atoms with E-state index < -0.39 is 5.97 Å². The normalized spacial score (nSPS) is 12.2. The second-order valence-electron chi connectivity index (χ2n) is 7.75. The fraction of sp³-hybridized carbons (Fsp3) is 0.280. The van der Waals surface area contributed by atoms with E-state index in [1.165, 1.54) is 11.6 Å². The third kappa shape index (κ3) is 5.60. The number of carbonyl (C=O) groups is 1. The molecule has 0 bridgehead atoms. The topological polar surface area (TPSA) is 62.5 Å². The van der Waals surface area contributed by atoms with Crippen LogP contribution in [-0.2, 0) is 19.5 Å². The average Bonchev–Trinajstić information content (AvgIpc) is 2.78. The summed E-state index contributed by atoms with van der Waals surface area (Å²) in [5.41, 5.74) is 2.78. The van der Waals surface area contributed by atoms with Gasteiger partial charge in [0.15, 0.2) is 0 Å². The lowest BCUT2D eigenvalue weighted by molar-refractivity contribution is 0.0697. The first-order chi connectivity index (χ1) is 15.3. The van der Waals surface area contributed by atoms with Gasteiger partial charge in [-0.05, 0) is 49.2 Å². The van der Waals surface area contributed by atoms with Crippen molar-refractivity contribution in [3.05, 3.63) is 103 Å². The van der Waals surface area contributed by atoms with Crippen LogP contribution in [0, 0.1) is 0 Å². The summed E-state index contributed by atoms with van der Waals surface area (Å²) in [5, 5.41) is 9.60. The first-order valence-electron chi connectivity index (χ1n) is 10.5. The Hall–Kier alpha value is -2.60. The van der Waals surface area contributed by atoms with Crippen molar-refractivity contribution in [2.45, 2.75) is 38.9 Å². The number of carboxylic acid groups (broad SMARTS) is 1. The zero-order valence-electron chi connectivity index (χ0n) is 18.1. The van der Waals surface area contributed by atoms with Crippen LogP contribution in [0.1, 0.15) is 46.6 Å². The summed E-state index contributed by atoms with van der Waals surface area (Å²) in [6.07, 6.45) is 1.45. The highest BCUT2D eigenvalue weighted by Gasteiger charge is 2.20. The van der Waals surface area contributed by atoms with E-state index in [9.17, 15) is 9.59 Å². The summed E-state index contributed by atoms with van der Waals surface area (Å²) in [4.78, 5) is 26.1. The van der Waals surface area contributed by atoms with Crippen LogP contribution in [0.25, 0.3) is 0 Å². The number of aromatic carboxylic acids is 1. The van der Waals surface area contributed by atoms with Gasteiger partial charge in [0.05, 0.1) is 16.3 Å². The number of aryl methyl sites for hydroxylation is 1. The Kier molecular flexibility index (Phi) is 8.13. The van der Waals surface area contributed by atoms with Crippen LogP contribution in [0.3, 0.4) is 0 Å². The molecule has 1 aromatic heterocycles. The second-order valence-corrected chi connectivity index (χ2v) is 8.56. The second kappa shape index (κ2) is 10.8. The lowest BCUT2D eigenvalue weighted by Crippen LogP contribution is -2.31. The van der Waals surface area contributed by atoms with Crippen LogP contribution in [0.2, 0.25) is 10.0 Å². The molecule has 0 saturated carbocycles. The third-order valence-electron chi connectivity index (χ3n) is 5.63. The summed E-state index contributed by atoms with van der Waals surface area (Å²) >= 11 is 12.7. The maximum atomic E-state index is 12.9. The quantitative estimate of drug-likeness (QED) is 0.435. The molecule has 1 atom stereocenters. The number of benzene rings is 2. The van der Waals surface area contributed by atoms with E-state index in [-0.39, 0.29) is 22.2 Å². The first-order valence-corrected chi connectivity index (χ1v) is 11.2. The zero-order chi connectivity index (χ0) is 23.3. The Morgan fingerprint density at radius 1 is 1.06 bits per heavy atom. The van der Waals surface area contributed by atoms with Gasteiger partial charge in [0.2, 0.25) is 0 Å². The monoisotopic (exact) mass is 472 g/mol. The maximum Gasteiger partial charge on any atom is 0.335 e. The van der Waals surface area contributed by atoms with Gasteiger partial charge in [0.1, 0.15) is 5.02 Å². The van der Waals surface area contributed by atoms with Crippen LogP contribution in [0.4, 0.5) is 0 Å². The number of carboxylic acids is 1. The molecule has 0 spiro atoms. The van der Waals surface area contributed by atoms with Gasteiger partial charge >= 0.3 is 5.97 Å². The van der Waals surface area contributed by atoms with Gasteiger partial charge in [-0.15, -0.1) is 0 Å². The van der Waals surface area contributed by atoms with Crippen LogP contribution in [0.5, 0.6) is 0 Å². The van der Waals surface area contributed by atoms with Crippen molar-refractivity contribution in [3.63, 3.8) is 0 Å². The smallest absolute Gasteiger partial charge is 0.335 e. The molecule has 1 unspecified atom stereocenters. The molecular formula is C25H26Cl2N2O3. The number of rotatable bonds is 9. The number of nitrogens with zero attached hydrogens (tertiary/aromatic N) is 2. The minimum atomic E-state index is -0.969. The molecular weight excluding hydrogens is 447 g/mol. The number of aromatic nitrogens is 1. The summed E-state index contributed by atoms with van der Waals surface area (Å²) in [7, 11) is 2.02.